The highest BCUT2D eigenvalue weighted by atomic mass is 32.2. The molecule has 0 fully saturated rings. The Morgan fingerprint density at radius 1 is 1.61 bits per heavy atom. The Morgan fingerprint density at radius 2 is 2.33 bits per heavy atom. The van der Waals surface area contributed by atoms with E-state index in [4.69, 9.17) is 9.94 Å². The number of carbonyl (C=O) groups excluding carboxylic acids is 1. The van der Waals surface area contributed by atoms with E-state index in [0.717, 1.165) is 0 Å². The molecule has 2 rings (SSSR count). The Hall–Kier alpha value is -1.44. The number of benzene rings is 1. The van der Waals surface area contributed by atoms with Gasteiger partial charge in [-0.05, 0) is 12.5 Å². The topological polar surface area (TPSA) is 84.9 Å². The predicted molar refractivity (Wildman–Crippen MR) is 69.2 cm³/mol. The minimum absolute atomic E-state index is 0.0280. The van der Waals surface area contributed by atoms with Gasteiger partial charge in [-0.2, -0.15) is 0 Å². The lowest BCUT2D eigenvalue weighted by Gasteiger charge is -2.30. The van der Waals surface area contributed by atoms with Crippen molar-refractivity contribution in [1.82, 2.24) is 0 Å². The van der Waals surface area contributed by atoms with Crippen LogP contribution in [0.3, 0.4) is 0 Å². The fourth-order valence-corrected chi connectivity index (χ4v) is 2.84. The normalized spacial score (nSPS) is 18.0. The van der Waals surface area contributed by atoms with Gasteiger partial charge >= 0.3 is 0 Å². The van der Waals surface area contributed by atoms with Crippen molar-refractivity contribution in [2.75, 3.05) is 17.7 Å². The van der Waals surface area contributed by atoms with Gasteiger partial charge in [0.15, 0.2) is 0 Å². The van der Waals surface area contributed by atoms with Crippen molar-refractivity contribution in [3.05, 3.63) is 17.3 Å². The van der Waals surface area contributed by atoms with Crippen molar-refractivity contribution < 1.29 is 14.7 Å². The molecule has 1 aromatic rings. The van der Waals surface area contributed by atoms with Crippen LogP contribution in [0.2, 0.25) is 0 Å². The summed E-state index contributed by atoms with van der Waals surface area (Å²) in [6.45, 7) is 1.91. The van der Waals surface area contributed by atoms with Crippen molar-refractivity contribution in [1.29, 1.82) is 0 Å². The Labute approximate surface area is 108 Å². The second-order valence-electron chi connectivity index (χ2n) is 3.80. The molecule has 0 aliphatic carbocycles. The van der Waals surface area contributed by atoms with Crippen LogP contribution in [0.15, 0.2) is 17.0 Å². The number of nitrogens with one attached hydrogen (secondary N) is 1. The van der Waals surface area contributed by atoms with Crippen molar-refractivity contribution >= 4 is 29.0 Å². The minimum atomic E-state index is -0.269. The summed E-state index contributed by atoms with van der Waals surface area (Å²) >= 11 is 1.36. The molecule has 1 atom stereocenters. The molecule has 1 aromatic carbocycles. The fourth-order valence-electron chi connectivity index (χ4n) is 1.74. The molecule has 0 saturated carbocycles. The summed E-state index contributed by atoms with van der Waals surface area (Å²) < 4.78 is 5.06. The summed E-state index contributed by atoms with van der Waals surface area (Å²) in [4.78, 5) is 12.5. The first kappa shape index (κ1) is 13.0. The Balaban J connectivity index is 2.50. The summed E-state index contributed by atoms with van der Waals surface area (Å²) in [6, 6.07) is 3.11. The second-order valence-corrected chi connectivity index (χ2v) is 5.04. The molecule has 6 nitrogen and oxygen atoms in total. The van der Waals surface area contributed by atoms with Crippen LogP contribution in [0.4, 0.5) is 11.4 Å². The van der Waals surface area contributed by atoms with E-state index < -0.39 is 0 Å². The molecule has 0 bridgehead atoms. The molecule has 1 unspecified atom stereocenters. The molecule has 7 heteroatoms. The van der Waals surface area contributed by atoms with Gasteiger partial charge in [0.1, 0.15) is 5.75 Å². The molecule has 98 valence electrons. The number of hydrogen-bond donors (Lipinski definition) is 2. The zero-order chi connectivity index (χ0) is 13.3. The minimum Gasteiger partial charge on any atom is -0.733 e. The maximum Gasteiger partial charge on any atom is 0.237 e. The number of rotatable bonds is 3. The second kappa shape index (κ2) is 5.05. The van der Waals surface area contributed by atoms with Crippen molar-refractivity contribution in [2.24, 2.45) is 0 Å². The predicted octanol–water partition coefficient (Wildman–Crippen LogP) is 2.21. The fraction of sp³-hybridized carbons (Fsp3) is 0.364. The van der Waals surface area contributed by atoms with Gasteiger partial charge in [0.2, 0.25) is 5.91 Å². The maximum atomic E-state index is 11.8. The number of methoxy groups -OCH3 is 1. The van der Waals surface area contributed by atoms with Gasteiger partial charge in [0, 0.05) is 11.0 Å². The standard InChI is InChI=1S/C11H13N2O4S/c1-3-8-11(14)12-10-7(13(15)16)4-6(17-2)5-9(10)18-8/h4-5,8,15H,3H2,1-2H3,(H,12,14)/q-1. The van der Waals surface area contributed by atoms with Gasteiger partial charge in [0.25, 0.3) is 0 Å². The molecule has 0 saturated heterocycles. The molecule has 1 aliphatic heterocycles. The average molecular weight is 269 g/mol. The van der Waals surface area contributed by atoms with Crippen LogP contribution in [0.25, 0.3) is 0 Å². The molecule has 2 N–H and O–H groups in total. The number of nitrogens with zero attached hydrogens (tertiary/aromatic N) is 1. The first-order valence-electron chi connectivity index (χ1n) is 5.42. The van der Waals surface area contributed by atoms with Gasteiger partial charge in [0.05, 0.1) is 23.7 Å². The van der Waals surface area contributed by atoms with Crippen LogP contribution in [-0.4, -0.2) is 23.5 Å². The number of fused-ring (bicyclic) bond motifs is 1. The highest BCUT2D eigenvalue weighted by Crippen LogP contribution is 2.44. The lowest BCUT2D eigenvalue weighted by atomic mass is 10.2. The van der Waals surface area contributed by atoms with E-state index in [1.165, 1.54) is 24.9 Å². The Bertz CT molecular complexity index is 478. The zero-order valence-electron chi connectivity index (χ0n) is 9.97. The Morgan fingerprint density at radius 3 is 2.89 bits per heavy atom. The summed E-state index contributed by atoms with van der Waals surface area (Å²) in [7, 11) is 1.47. The summed E-state index contributed by atoms with van der Waals surface area (Å²) in [5.74, 6) is 0.292. The molecular formula is C11H13N2O4S-. The third-order valence-corrected chi connectivity index (χ3v) is 4.09. The van der Waals surface area contributed by atoms with E-state index in [1.54, 1.807) is 6.07 Å². The smallest absolute Gasteiger partial charge is 0.237 e. The number of ether oxygens (including phenoxy) is 1. The number of thioether (sulfide) groups is 1. The highest BCUT2D eigenvalue weighted by Gasteiger charge is 2.28. The van der Waals surface area contributed by atoms with E-state index in [1.807, 2.05) is 6.92 Å². The molecule has 1 aliphatic rings. The number of hydrogen-bond acceptors (Lipinski definition) is 6. The number of amides is 1. The third kappa shape index (κ3) is 2.24. The van der Waals surface area contributed by atoms with Crippen LogP contribution in [0.5, 0.6) is 5.75 Å². The van der Waals surface area contributed by atoms with E-state index in [-0.39, 0.29) is 22.1 Å². The summed E-state index contributed by atoms with van der Waals surface area (Å²) in [5, 5.41) is 22.3. The van der Waals surface area contributed by atoms with Crippen LogP contribution >= 0.6 is 11.8 Å². The first-order chi connectivity index (χ1) is 8.56. The molecule has 18 heavy (non-hydrogen) atoms. The number of anilines is 2. The molecule has 1 heterocycles. The van der Waals surface area contributed by atoms with E-state index >= 15 is 0 Å². The molecule has 0 aromatic heterocycles. The maximum absolute atomic E-state index is 11.8. The molecule has 0 spiro atoms. The van der Waals surface area contributed by atoms with Crippen molar-refractivity contribution in [3.8, 4) is 5.75 Å². The third-order valence-electron chi connectivity index (χ3n) is 2.68. The zero-order valence-corrected chi connectivity index (χ0v) is 10.8. The number of carbonyl (C=O) groups is 1. The lowest BCUT2D eigenvalue weighted by Crippen LogP contribution is -2.29. The Kier molecular flexibility index (Phi) is 3.65. The monoisotopic (exact) mass is 269 g/mol. The van der Waals surface area contributed by atoms with E-state index in [2.05, 4.69) is 5.32 Å². The van der Waals surface area contributed by atoms with Gasteiger partial charge in [-0.1, -0.05) is 6.92 Å². The molecule has 1 amide bonds. The van der Waals surface area contributed by atoms with Gasteiger partial charge in [-0.3, -0.25) is 10.0 Å². The molecule has 0 radical (unpaired) electrons. The van der Waals surface area contributed by atoms with Crippen LogP contribution < -0.4 is 15.3 Å². The SMILES string of the molecule is CCC1Sc2cc(OC)cc(N([O-])O)c2NC1=O. The van der Waals surface area contributed by atoms with Gasteiger partial charge in [-0.25, -0.2) is 0 Å². The average Bonchev–Trinajstić information content (AvgIpc) is 2.36. The summed E-state index contributed by atoms with van der Waals surface area (Å²) in [6.07, 6.45) is 0.683. The van der Waals surface area contributed by atoms with Gasteiger partial charge < -0.3 is 20.5 Å². The van der Waals surface area contributed by atoms with E-state index in [9.17, 15) is 10.0 Å². The lowest BCUT2D eigenvalue weighted by molar-refractivity contribution is -0.115. The highest BCUT2D eigenvalue weighted by molar-refractivity contribution is 8.01. The van der Waals surface area contributed by atoms with E-state index in [0.29, 0.717) is 22.8 Å². The first-order valence-corrected chi connectivity index (χ1v) is 6.30. The van der Waals surface area contributed by atoms with Crippen LogP contribution in [0.1, 0.15) is 13.3 Å². The van der Waals surface area contributed by atoms with Crippen LogP contribution in [0, 0.1) is 5.21 Å². The van der Waals surface area contributed by atoms with Crippen molar-refractivity contribution in [2.45, 2.75) is 23.5 Å². The van der Waals surface area contributed by atoms with Gasteiger partial charge in [-0.15, -0.1) is 11.8 Å². The van der Waals surface area contributed by atoms with Crippen molar-refractivity contribution in [3.63, 3.8) is 0 Å². The molecular weight excluding hydrogens is 256 g/mol. The quantitative estimate of drug-likeness (QED) is 0.818. The largest absolute Gasteiger partial charge is 0.733 e. The summed E-state index contributed by atoms with van der Waals surface area (Å²) in [5.41, 5.74) is 0.299. The van der Waals surface area contributed by atoms with Crippen LogP contribution in [-0.2, 0) is 4.79 Å².